The Hall–Kier alpha value is -1.03. The molecule has 1 aliphatic carbocycles. The maximum Gasteiger partial charge on any atom is 0.239 e. The van der Waals surface area contributed by atoms with E-state index in [1.165, 1.54) is 0 Å². The zero-order valence-electron chi connectivity index (χ0n) is 7.50. The fraction of sp³-hybridized carbons (Fsp3) is 0.667. The molecule has 0 spiro atoms. The third-order valence-corrected chi connectivity index (χ3v) is 2.37. The van der Waals surface area contributed by atoms with Gasteiger partial charge in [0, 0.05) is 12.8 Å². The minimum atomic E-state index is -2.34. The van der Waals surface area contributed by atoms with Gasteiger partial charge in [-0.05, 0) is 19.8 Å². The SMILES string of the molecule is CC(=O)C1(O)C(=O)CCCCC1=O. The van der Waals surface area contributed by atoms with E-state index < -0.39 is 23.0 Å². The predicted molar refractivity (Wildman–Crippen MR) is 44.1 cm³/mol. The van der Waals surface area contributed by atoms with Crippen molar-refractivity contribution < 1.29 is 19.5 Å². The molecule has 1 N–H and O–H groups in total. The predicted octanol–water partition coefficient (Wildman–Crippen LogP) is 0.0187. The average Bonchev–Trinajstić information content (AvgIpc) is 2.19. The lowest BCUT2D eigenvalue weighted by Gasteiger charge is -2.19. The topological polar surface area (TPSA) is 71.4 Å². The molecular weight excluding hydrogens is 172 g/mol. The Bertz CT molecular complexity index is 249. The van der Waals surface area contributed by atoms with Crippen molar-refractivity contribution in [3.63, 3.8) is 0 Å². The summed E-state index contributed by atoms with van der Waals surface area (Å²) in [5.41, 5.74) is -2.34. The summed E-state index contributed by atoms with van der Waals surface area (Å²) in [6, 6.07) is 0. The maximum atomic E-state index is 11.3. The number of Topliss-reactive ketones (excluding diaryl/α,β-unsaturated/α-hetero) is 3. The second-order valence-electron chi connectivity index (χ2n) is 3.32. The summed E-state index contributed by atoms with van der Waals surface area (Å²) in [7, 11) is 0. The van der Waals surface area contributed by atoms with Crippen molar-refractivity contribution in [3.8, 4) is 0 Å². The van der Waals surface area contributed by atoms with E-state index in [1.54, 1.807) is 0 Å². The highest BCUT2D eigenvalue weighted by Crippen LogP contribution is 2.21. The summed E-state index contributed by atoms with van der Waals surface area (Å²) >= 11 is 0. The summed E-state index contributed by atoms with van der Waals surface area (Å²) in [6.45, 7) is 1.07. The number of carbonyl (C=O) groups is 3. The molecule has 0 aromatic carbocycles. The molecule has 0 amide bonds. The van der Waals surface area contributed by atoms with E-state index in [1.807, 2.05) is 0 Å². The van der Waals surface area contributed by atoms with Crippen LogP contribution in [0.3, 0.4) is 0 Å². The van der Waals surface area contributed by atoms with Crippen LogP contribution in [-0.4, -0.2) is 28.1 Å². The van der Waals surface area contributed by atoms with E-state index in [4.69, 9.17) is 0 Å². The molecule has 0 aliphatic heterocycles. The molecule has 4 nitrogen and oxygen atoms in total. The molecule has 0 unspecified atom stereocenters. The minimum absolute atomic E-state index is 0.113. The highest BCUT2D eigenvalue weighted by molar-refractivity contribution is 6.27. The first-order chi connectivity index (χ1) is 5.99. The van der Waals surface area contributed by atoms with Gasteiger partial charge in [0.05, 0.1) is 0 Å². The normalized spacial score (nSPS) is 22.6. The minimum Gasteiger partial charge on any atom is -0.369 e. The Kier molecular flexibility index (Phi) is 2.61. The number of hydrogen-bond donors (Lipinski definition) is 1. The van der Waals surface area contributed by atoms with Crippen molar-refractivity contribution in [3.05, 3.63) is 0 Å². The molecule has 0 bridgehead atoms. The van der Waals surface area contributed by atoms with E-state index >= 15 is 0 Å². The standard InChI is InChI=1S/C9H12O4/c1-6(10)9(13)7(11)4-2-3-5-8(9)12/h13H,2-5H2,1H3. The summed E-state index contributed by atoms with van der Waals surface area (Å²) in [4.78, 5) is 33.6. The Morgan fingerprint density at radius 1 is 1.23 bits per heavy atom. The molecule has 0 aromatic rings. The average molecular weight is 184 g/mol. The number of ketones is 3. The van der Waals surface area contributed by atoms with Gasteiger partial charge < -0.3 is 5.11 Å². The first kappa shape index (κ1) is 10.1. The van der Waals surface area contributed by atoms with Gasteiger partial charge in [-0.3, -0.25) is 14.4 Å². The van der Waals surface area contributed by atoms with Crippen molar-refractivity contribution in [2.45, 2.75) is 38.2 Å². The largest absolute Gasteiger partial charge is 0.369 e. The third kappa shape index (κ3) is 1.54. The molecule has 0 aromatic heterocycles. The number of hydrogen-bond acceptors (Lipinski definition) is 4. The van der Waals surface area contributed by atoms with Gasteiger partial charge in [-0.15, -0.1) is 0 Å². The van der Waals surface area contributed by atoms with Crippen LogP contribution in [0, 0.1) is 0 Å². The molecule has 1 aliphatic rings. The van der Waals surface area contributed by atoms with Gasteiger partial charge in [-0.1, -0.05) is 0 Å². The third-order valence-electron chi connectivity index (χ3n) is 2.37. The molecule has 1 fully saturated rings. The van der Waals surface area contributed by atoms with E-state index in [0.717, 1.165) is 6.92 Å². The van der Waals surface area contributed by atoms with Crippen molar-refractivity contribution in [1.82, 2.24) is 0 Å². The van der Waals surface area contributed by atoms with Gasteiger partial charge in [0.15, 0.2) is 17.3 Å². The summed E-state index contributed by atoms with van der Waals surface area (Å²) in [5.74, 6) is -2.06. The van der Waals surface area contributed by atoms with Crippen LogP contribution in [0.1, 0.15) is 32.6 Å². The summed E-state index contributed by atoms with van der Waals surface area (Å²) in [5, 5.41) is 9.62. The van der Waals surface area contributed by atoms with Crippen LogP contribution in [0.15, 0.2) is 0 Å². The van der Waals surface area contributed by atoms with Crippen LogP contribution in [0.25, 0.3) is 0 Å². The molecule has 72 valence electrons. The second kappa shape index (κ2) is 3.38. The van der Waals surface area contributed by atoms with E-state index in [-0.39, 0.29) is 12.8 Å². The van der Waals surface area contributed by atoms with Gasteiger partial charge in [0.2, 0.25) is 5.60 Å². The van der Waals surface area contributed by atoms with Gasteiger partial charge in [-0.25, -0.2) is 0 Å². The lowest BCUT2D eigenvalue weighted by molar-refractivity contribution is -0.157. The van der Waals surface area contributed by atoms with Gasteiger partial charge in [0.25, 0.3) is 0 Å². The zero-order valence-corrected chi connectivity index (χ0v) is 7.50. The van der Waals surface area contributed by atoms with E-state index in [0.29, 0.717) is 12.8 Å². The fourth-order valence-electron chi connectivity index (χ4n) is 1.48. The number of rotatable bonds is 1. The summed E-state index contributed by atoms with van der Waals surface area (Å²) in [6.07, 6.45) is 1.37. The van der Waals surface area contributed by atoms with Crippen LogP contribution < -0.4 is 0 Å². The highest BCUT2D eigenvalue weighted by atomic mass is 16.3. The molecule has 13 heavy (non-hydrogen) atoms. The maximum absolute atomic E-state index is 11.3. The Balaban J connectivity index is 3.06. The lowest BCUT2D eigenvalue weighted by atomic mass is 9.88. The second-order valence-corrected chi connectivity index (χ2v) is 3.32. The highest BCUT2D eigenvalue weighted by Gasteiger charge is 2.47. The van der Waals surface area contributed by atoms with E-state index in [2.05, 4.69) is 0 Å². The van der Waals surface area contributed by atoms with Crippen LogP contribution in [0.5, 0.6) is 0 Å². The van der Waals surface area contributed by atoms with Crippen molar-refractivity contribution in [2.75, 3.05) is 0 Å². The molecule has 1 rings (SSSR count). The molecule has 0 saturated heterocycles. The smallest absolute Gasteiger partial charge is 0.239 e. The van der Waals surface area contributed by atoms with Crippen molar-refractivity contribution >= 4 is 17.3 Å². The summed E-state index contributed by atoms with van der Waals surface area (Å²) < 4.78 is 0. The van der Waals surface area contributed by atoms with Crippen LogP contribution in [-0.2, 0) is 14.4 Å². The first-order valence-corrected chi connectivity index (χ1v) is 4.29. The quantitative estimate of drug-likeness (QED) is 0.460. The molecule has 0 radical (unpaired) electrons. The van der Waals surface area contributed by atoms with E-state index in [9.17, 15) is 19.5 Å². The molecule has 0 heterocycles. The molecule has 1 saturated carbocycles. The van der Waals surface area contributed by atoms with Crippen molar-refractivity contribution in [2.24, 2.45) is 0 Å². The lowest BCUT2D eigenvalue weighted by Crippen LogP contribution is -2.51. The van der Waals surface area contributed by atoms with Gasteiger partial charge in [-0.2, -0.15) is 0 Å². The Morgan fingerprint density at radius 2 is 1.62 bits per heavy atom. The zero-order chi connectivity index (χ0) is 10.1. The molecular formula is C9H12O4. The number of aliphatic hydroxyl groups is 1. The Morgan fingerprint density at radius 3 is 1.92 bits per heavy atom. The van der Waals surface area contributed by atoms with Crippen LogP contribution >= 0.6 is 0 Å². The fourth-order valence-corrected chi connectivity index (χ4v) is 1.48. The Labute approximate surface area is 75.9 Å². The van der Waals surface area contributed by atoms with Gasteiger partial charge >= 0.3 is 0 Å². The van der Waals surface area contributed by atoms with Crippen LogP contribution in [0.4, 0.5) is 0 Å². The van der Waals surface area contributed by atoms with Gasteiger partial charge in [0.1, 0.15) is 0 Å². The molecule has 4 heteroatoms. The van der Waals surface area contributed by atoms with Crippen LogP contribution in [0.2, 0.25) is 0 Å². The monoisotopic (exact) mass is 184 g/mol. The van der Waals surface area contributed by atoms with Crippen molar-refractivity contribution in [1.29, 1.82) is 0 Å². The number of carbonyl (C=O) groups excluding carboxylic acids is 3. The molecule has 0 atom stereocenters. The first-order valence-electron chi connectivity index (χ1n) is 4.29.